The first kappa shape index (κ1) is 9.72. The van der Waals surface area contributed by atoms with E-state index in [1.165, 1.54) is 5.57 Å². The van der Waals surface area contributed by atoms with Crippen LogP contribution in [0.5, 0.6) is 0 Å². The highest BCUT2D eigenvalue weighted by Crippen LogP contribution is 2.43. The largest absolute Gasteiger partial charge is 0.240 e. The summed E-state index contributed by atoms with van der Waals surface area (Å²) in [6, 6.07) is 0. The third-order valence-corrected chi connectivity index (χ3v) is 3.11. The monoisotopic (exact) mass is 207 g/mol. The van der Waals surface area contributed by atoms with Gasteiger partial charge < -0.3 is 0 Å². The van der Waals surface area contributed by atoms with Crippen LogP contribution < -0.4 is 0 Å². The lowest BCUT2D eigenvalue weighted by Crippen LogP contribution is -2.28. The summed E-state index contributed by atoms with van der Waals surface area (Å²) in [6.45, 7) is 6.58. The molecule has 0 saturated heterocycles. The van der Waals surface area contributed by atoms with Crippen molar-refractivity contribution in [3.05, 3.63) is 35.0 Å². The van der Waals surface area contributed by atoms with E-state index in [1.54, 1.807) is 0 Å². The Morgan fingerprint density at radius 3 is 2.79 bits per heavy atom. The number of rotatable bonds is 1. The molecule has 0 aromatic carbocycles. The summed E-state index contributed by atoms with van der Waals surface area (Å²) in [5, 5.41) is 0.612. The Balaban J connectivity index is 2.52. The Bertz CT molecular complexity index is 385. The molecule has 1 atom stereocenters. The second kappa shape index (κ2) is 3.09. The van der Waals surface area contributed by atoms with Crippen molar-refractivity contribution in [2.24, 2.45) is 16.3 Å². The van der Waals surface area contributed by atoms with Gasteiger partial charge in [0, 0.05) is 0 Å². The Morgan fingerprint density at radius 1 is 1.43 bits per heavy atom. The van der Waals surface area contributed by atoms with Crippen LogP contribution in [-0.4, -0.2) is 5.71 Å². The molecule has 1 aliphatic carbocycles. The van der Waals surface area contributed by atoms with Crippen LogP contribution in [0.4, 0.5) is 0 Å². The summed E-state index contributed by atoms with van der Waals surface area (Å²) in [5.74, 6) is 0.522. The lowest BCUT2D eigenvalue weighted by atomic mass is 9.72. The van der Waals surface area contributed by atoms with Crippen LogP contribution in [0.25, 0.3) is 0 Å². The normalized spacial score (nSPS) is 29.9. The first-order valence-corrected chi connectivity index (χ1v) is 5.28. The highest BCUT2D eigenvalue weighted by Gasteiger charge is 2.37. The summed E-state index contributed by atoms with van der Waals surface area (Å²) < 4.78 is 0. The van der Waals surface area contributed by atoms with Crippen LogP contribution >= 0.6 is 11.6 Å². The van der Waals surface area contributed by atoms with E-state index in [2.05, 4.69) is 37.9 Å². The third kappa shape index (κ3) is 1.27. The topological polar surface area (TPSA) is 12.4 Å². The minimum atomic E-state index is -0.0694. The van der Waals surface area contributed by atoms with E-state index in [-0.39, 0.29) is 5.41 Å². The van der Waals surface area contributed by atoms with Crippen LogP contribution in [0.2, 0.25) is 0 Å². The lowest BCUT2D eigenvalue weighted by Gasteiger charge is -2.31. The Morgan fingerprint density at radius 2 is 2.14 bits per heavy atom. The van der Waals surface area contributed by atoms with Crippen molar-refractivity contribution in [2.45, 2.75) is 20.8 Å². The van der Waals surface area contributed by atoms with Gasteiger partial charge >= 0.3 is 0 Å². The van der Waals surface area contributed by atoms with E-state index in [0.717, 1.165) is 5.71 Å². The van der Waals surface area contributed by atoms with E-state index < -0.39 is 0 Å². The molecule has 0 aromatic heterocycles. The van der Waals surface area contributed by atoms with Gasteiger partial charge in [0.05, 0.1) is 11.1 Å². The van der Waals surface area contributed by atoms with Crippen LogP contribution in [0, 0.1) is 11.3 Å². The summed E-state index contributed by atoms with van der Waals surface area (Å²) in [6.07, 6.45) is 8.31. The van der Waals surface area contributed by atoms with Crippen molar-refractivity contribution in [3.63, 3.8) is 0 Å². The van der Waals surface area contributed by atoms with Gasteiger partial charge in [-0.25, -0.2) is 4.99 Å². The van der Waals surface area contributed by atoms with E-state index in [9.17, 15) is 0 Å². The maximum Gasteiger partial charge on any atom is 0.126 e. The quantitative estimate of drug-likeness (QED) is 0.582. The fourth-order valence-electron chi connectivity index (χ4n) is 2.23. The maximum atomic E-state index is 5.96. The summed E-state index contributed by atoms with van der Waals surface area (Å²) in [4.78, 5) is 4.33. The predicted molar refractivity (Wildman–Crippen MR) is 61.5 cm³/mol. The Hall–Kier alpha value is -0.820. The van der Waals surface area contributed by atoms with Gasteiger partial charge in [0.25, 0.3) is 0 Å². The second-order valence-electron chi connectivity index (χ2n) is 4.30. The molecule has 74 valence electrons. The average Bonchev–Trinajstić information content (AvgIpc) is 2.37. The summed E-state index contributed by atoms with van der Waals surface area (Å²) in [7, 11) is 0. The van der Waals surface area contributed by atoms with Gasteiger partial charge in [-0.3, -0.25) is 0 Å². The molecule has 14 heavy (non-hydrogen) atoms. The molecule has 2 heteroatoms. The number of hydrogen-bond donors (Lipinski definition) is 0. The molecule has 1 unspecified atom stereocenters. The standard InChI is InChI=1S/C12H14ClN/c1-8(2)9-5-4-6-10-12(9,3)7-11(13)14-10/h4-8H,1-3H3. The van der Waals surface area contributed by atoms with Crippen molar-refractivity contribution in [3.8, 4) is 0 Å². The lowest BCUT2D eigenvalue weighted by molar-refractivity contribution is 0.596. The highest BCUT2D eigenvalue weighted by molar-refractivity contribution is 6.32. The Kier molecular flexibility index (Phi) is 2.15. The summed E-state index contributed by atoms with van der Waals surface area (Å²) in [5.41, 5.74) is 2.38. The average molecular weight is 208 g/mol. The highest BCUT2D eigenvalue weighted by atomic mass is 35.5. The van der Waals surface area contributed by atoms with Gasteiger partial charge in [0.2, 0.25) is 0 Å². The number of hydrogen-bond acceptors (Lipinski definition) is 1. The smallest absolute Gasteiger partial charge is 0.126 e. The molecule has 1 aliphatic heterocycles. The molecule has 0 N–H and O–H groups in total. The molecule has 0 saturated carbocycles. The number of fused-ring (bicyclic) bond motifs is 1. The molecule has 0 spiro atoms. The fraction of sp³-hybridized carbons (Fsp3) is 0.417. The first-order chi connectivity index (χ1) is 6.54. The zero-order chi connectivity index (χ0) is 10.3. The zero-order valence-electron chi connectivity index (χ0n) is 8.71. The molecule has 0 bridgehead atoms. The van der Waals surface area contributed by atoms with E-state index in [4.69, 9.17) is 11.6 Å². The number of aliphatic imine (C=N–C) groups is 1. The molecule has 1 nitrogen and oxygen atoms in total. The van der Waals surface area contributed by atoms with Crippen molar-refractivity contribution < 1.29 is 0 Å². The van der Waals surface area contributed by atoms with Crippen LogP contribution in [0.15, 0.2) is 40.0 Å². The van der Waals surface area contributed by atoms with Gasteiger partial charge in [-0.15, -0.1) is 0 Å². The van der Waals surface area contributed by atoms with Gasteiger partial charge in [-0.2, -0.15) is 0 Å². The molecule has 2 aliphatic rings. The zero-order valence-corrected chi connectivity index (χ0v) is 9.47. The van der Waals surface area contributed by atoms with Crippen molar-refractivity contribution >= 4 is 17.3 Å². The molecule has 0 fully saturated rings. The fourth-order valence-corrected chi connectivity index (χ4v) is 2.53. The maximum absolute atomic E-state index is 5.96. The number of halogens is 1. The molecule has 1 heterocycles. The molecular formula is C12H14ClN. The molecule has 0 aromatic rings. The molecule has 0 radical (unpaired) electrons. The van der Waals surface area contributed by atoms with E-state index in [0.29, 0.717) is 11.1 Å². The minimum absolute atomic E-state index is 0.0694. The summed E-state index contributed by atoms with van der Waals surface area (Å²) >= 11 is 5.96. The van der Waals surface area contributed by atoms with Gasteiger partial charge in [-0.1, -0.05) is 43.2 Å². The second-order valence-corrected chi connectivity index (χ2v) is 4.69. The van der Waals surface area contributed by atoms with E-state index >= 15 is 0 Å². The van der Waals surface area contributed by atoms with Crippen molar-refractivity contribution in [1.82, 2.24) is 0 Å². The Labute approximate surface area is 89.9 Å². The first-order valence-electron chi connectivity index (χ1n) is 4.90. The van der Waals surface area contributed by atoms with E-state index in [1.807, 2.05) is 12.2 Å². The minimum Gasteiger partial charge on any atom is -0.240 e. The van der Waals surface area contributed by atoms with Crippen LogP contribution in [0.1, 0.15) is 20.8 Å². The predicted octanol–water partition coefficient (Wildman–Crippen LogP) is 3.68. The van der Waals surface area contributed by atoms with Crippen LogP contribution in [0.3, 0.4) is 0 Å². The molecule has 2 rings (SSSR count). The molecular weight excluding hydrogens is 194 g/mol. The van der Waals surface area contributed by atoms with Crippen LogP contribution in [-0.2, 0) is 0 Å². The third-order valence-electron chi connectivity index (χ3n) is 2.92. The van der Waals surface area contributed by atoms with Crippen molar-refractivity contribution in [1.29, 1.82) is 0 Å². The van der Waals surface area contributed by atoms with Gasteiger partial charge in [0.15, 0.2) is 0 Å². The van der Waals surface area contributed by atoms with Gasteiger partial charge in [-0.05, 0) is 25.0 Å². The molecule has 0 amide bonds. The number of allylic oxidation sites excluding steroid dienone is 5. The van der Waals surface area contributed by atoms with Crippen molar-refractivity contribution in [2.75, 3.05) is 0 Å². The SMILES string of the molecule is CC(C)C1=CC=CC2=NC(Cl)=CC12C. The number of nitrogens with zero attached hydrogens (tertiary/aromatic N) is 1. The van der Waals surface area contributed by atoms with Gasteiger partial charge in [0.1, 0.15) is 5.16 Å².